The molecule has 0 N–H and O–H groups in total. The van der Waals surface area contributed by atoms with Crippen LogP contribution in [0.5, 0.6) is 5.75 Å². The maximum absolute atomic E-state index is 13.1. The molecule has 2 aromatic rings. The molecule has 0 saturated carbocycles. The third-order valence-corrected chi connectivity index (χ3v) is 5.62. The van der Waals surface area contributed by atoms with Gasteiger partial charge >= 0.3 is 0 Å². The first-order valence-corrected chi connectivity index (χ1v) is 9.59. The van der Waals surface area contributed by atoms with Crippen molar-refractivity contribution in [2.45, 2.75) is 32.4 Å². The Labute approximate surface area is 161 Å². The van der Waals surface area contributed by atoms with Gasteiger partial charge in [-0.15, -0.1) is 11.3 Å². The minimum Gasteiger partial charge on any atom is -0.496 e. The molecule has 1 unspecified atom stereocenters. The van der Waals surface area contributed by atoms with Crippen molar-refractivity contribution in [2.24, 2.45) is 0 Å². The lowest BCUT2D eigenvalue weighted by Crippen LogP contribution is -2.36. The minimum absolute atomic E-state index is 0.0142. The normalized spacial score (nSPS) is 16.3. The van der Waals surface area contributed by atoms with Crippen LogP contribution in [0.2, 0.25) is 0 Å². The van der Waals surface area contributed by atoms with Crippen molar-refractivity contribution in [2.75, 3.05) is 20.3 Å². The number of nitrogens with zero attached hydrogens (tertiary/aromatic N) is 2. The number of ether oxygens (including phenoxy) is 2. The molecule has 3 rings (SSSR count). The zero-order valence-corrected chi connectivity index (χ0v) is 16.2. The third kappa shape index (κ3) is 4.45. The van der Waals surface area contributed by atoms with Crippen LogP contribution in [-0.2, 0) is 11.3 Å². The number of thiophene rings is 1. The second-order valence-electron chi connectivity index (χ2n) is 6.44. The molecule has 27 heavy (non-hydrogen) atoms. The van der Waals surface area contributed by atoms with Crippen molar-refractivity contribution in [1.29, 1.82) is 0 Å². The molecule has 1 aliphatic rings. The number of hydrogen-bond donors (Lipinski definition) is 0. The van der Waals surface area contributed by atoms with Crippen LogP contribution in [-0.4, -0.2) is 42.1 Å². The Bertz CT molecular complexity index is 829. The van der Waals surface area contributed by atoms with Crippen LogP contribution >= 0.6 is 11.3 Å². The van der Waals surface area contributed by atoms with E-state index in [4.69, 9.17) is 9.47 Å². The average Bonchev–Trinajstić information content (AvgIpc) is 3.30. The van der Waals surface area contributed by atoms with Gasteiger partial charge in [0.2, 0.25) is 0 Å². The molecule has 0 spiro atoms. The van der Waals surface area contributed by atoms with Crippen molar-refractivity contribution in [3.05, 3.63) is 55.8 Å². The summed E-state index contributed by atoms with van der Waals surface area (Å²) in [6, 6.07) is 8.90. The quantitative estimate of drug-likeness (QED) is 0.531. The first-order chi connectivity index (χ1) is 13.0. The number of hydrogen-bond acceptors (Lipinski definition) is 6. The molecule has 0 radical (unpaired) electrons. The highest BCUT2D eigenvalue weighted by Crippen LogP contribution is 2.30. The standard InChI is InChI=1S/C19H22N2O5S/c1-13-16(21(23)24)10-18(27-13)19(22)20(12-15-7-5-9-26-15)11-14-6-3-4-8-17(14)25-2/h3-4,6,8,10,15H,5,7,9,11-12H2,1-2H3. The molecule has 7 nitrogen and oxygen atoms in total. The Hall–Kier alpha value is -2.45. The summed E-state index contributed by atoms with van der Waals surface area (Å²) in [7, 11) is 1.59. The van der Waals surface area contributed by atoms with Crippen LogP contribution in [0.15, 0.2) is 30.3 Å². The highest BCUT2D eigenvalue weighted by Gasteiger charge is 2.27. The topological polar surface area (TPSA) is 81.9 Å². The van der Waals surface area contributed by atoms with Gasteiger partial charge in [-0.05, 0) is 25.8 Å². The smallest absolute Gasteiger partial charge is 0.283 e. The Morgan fingerprint density at radius 1 is 1.44 bits per heavy atom. The highest BCUT2D eigenvalue weighted by molar-refractivity contribution is 7.14. The van der Waals surface area contributed by atoms with Gasteiger partial charge in [0.25, 0.3) is 11.6 Å². The summed E-state index contributed by atoms with van der Waals surface area (Å²) >= 11 is 1.15. The molecule has 1 aliphatic heterocycles. The zero-order valence-electron chi connectivity index (χ0n) is 15.3. The van der Waals surface area contributed by atoms with E-state index in [0.29, 0.717) is 35.2 Å². The van der Waals surface area contributed by atoms with Crippen LogP contribution in [0.4, 0.5) is 5.69 Å². The summed E-state index contributed by atoms with van der Waals surface area (Å²) < 4.78 is 11.1. The van der Waals surface area contributed by atoms with E-state index < -0.39 is 4.92 Å². The SMILES string of the molecule is COc1ccccc1CN(CC1CCCO1)C(=O)c1cc([N+](=O)[O-])c(C)s1. The molecule has 1 fully saturated rings. The maximum Gasteiger partial charge on any atom is 0.283 e. The van der Waals surface area contributed by atoms with E-state index in [2.05, 4.69) is 0 Å². The molecular weight excluding hydrogens is 368 g/mol. The van der Waals surface area contributed by atoms with Gasteiger partial charge in [0.15, 0.2) is 0 Å². The lowest BCUT2D eigenvalue weighted by molar-refractivity contribution is -0.385. The number of aryl methyl sites for hydroxylation is 1. The Morgan fingerprint density at radius 3 is 2.85 bits per heavy atom. The van der Waals surface area contributed by atoms with E-state index in [9.17, 15) is 14.9 Å². The van der Waals surface area contributed by atoms with Gasteiger partial charge in [-0.25, -0.2) is 0 Å². The first-order valence-electron chi connectivity index (χ1n) is 8.77. The predicted molar refractivity (Wildman–Crippen MR) is 102 cm³/mol. The summed E-state index contributed by atoms with van der Waals surface area (Å²) in [6.07, 6.45) is 1.87. The summed E-state index contributed by atoms with van der Waals surface area (Å²) in [6.45, 7) is 3.16. The number of methoxy groups -OCH3 is 1. The molecular formula is C19H22N2O5S. The van der Waals surface area contributed by atoms with E-state index >= 15 is 0 Å². The molecule has 144 valence electrons. The van der Waals surface area contributed by atoms with Crippen molar-refractivity contribution in [3.63, 3.8) is 0 Å². The van der Waals surface area contributed by atoms with Crippen molar-refractivity contribution < 1.29 is 19.2 Å². The van der Waals surface area contributed by atoms with E-state index in [1.165, 1.54) is 6.07 Å². The van der Waals surface area contributed by atoms with Crippen molar-refractivity contribution in [3.8, 4) is 5.75 Å². The largest absolute Gasteiger partial charge is 0.496 e. The average molecular weight is 390 g/mol. The van der Waals surface area contributed by atoms with E-state index in [0.717, 1.165) is 29.7 Å². The first kappa shape index (κ1) is 19.3. The lowest BCUT2D eigenvalue weighted by atomic mass is 10.1. The number of para-hydroxylation sites is 1. The number of carbonyl (C=O) groups is 1. The molecule has 1 aromatic carbocycles. The fraction of sp³-hybridized carbons (Fsp3) is 0.421. The van der Waals surface area contributed by atoms with Gasteiger partial charge in [-0.1, -0.05) is 18.2 Å². The number of amides is 1. The summed E-state index contributed by atoms with van der Waals surface area (Å²) in [5.74, 6) is 0.480. The monoisotopic (exact) mass is 390 g/mol. The summed E-state index contributed by atoms with van der Waals surface area (Å²) in [5, 5.41) is 11.1. The van der Waals surface area contributed by atoms with E-state index in [-0.39, 0.29) is 17.7 Å². The van der Waals surface area contributed by atoms with Gasteiger partial charge in [-0.2, -0.15) is 0 Å². The molecule has 1 amide bonds. The molecule has 0 bridgehead atoms. The zero-order chi connectivity index (χ0) is 19.4. The van der Waals surface area contributed by atoms with Gasteiger partial charge in [0.05, 0.1) is 27.9 Å². The highest BCUT2D eigenvalue weighted by atomic mass is 32.1. The van der Waals surface area contributed by atoms with E-state index in [1.54, 1.807) is 18.9 Å². The van der Waals surface area contributed by atoms with Crippen LogP contribution in [0.25, 0.3) is 0 Å². The van der Waals surface area contributed by atoms with Crippen LogP contribution < -0.4 is 4.74 Å². The minimum atomic E-state index is -0.451. The Kier molecular flexibility index (Phi) is 6.08. The van der Waals surface area contributed by atoms with Gasteiger partial charge in [0, 0.05) is 31.3 Å². The van der Waals surface area contributed by atoms with Crippen LogP contribution in [0.1, 0.15) is 33.0 Å². The van der Waals surface area contributed by atoms with Crippen molar-refractivity contribution >= 4 is 22.9 Å². The molecule has 1 saturated heterocycles. The number of rotatable bonds is 7. The number of carbonyl (C=O) groups excluding carboxylic acids is 1. The second-order valence-corrected chi connectivity index (χ2v) is 7.70. The van der Waals surface area contributed by atoms with Crippen molar-refractivity contribution in [1.82, 2.24) is 4.90 Å². The lowest BCUT2D eigenvalue weighted by Gasteiger charge is -2.25. The second kappa shape index (κ2) is 8.49. The van der Waals surface area contributed by atoms with E-state index in [1.807, 2.05) is 24.3 Å². The van der Waals surface area contributed by atoms with Gasteiger partial charge in [0.1, 0.15) is 5.75 Å². The Balaban J connectivity index is 1.87. The molecule has 1 aromatic heterocycles. The number of benzene rings is 1. The molecule has 8 heteroatoms. The fourth-order valence-corrected chi connectivity index (χ4v) is 4.16. The summed E-state index contributed by atoms with van der Waals surface area (Å²) in [4.78, 5) is 26.4. The fourth-order valence-electron chi connectivity index (χ4n) is 3.21. The van der Waals surface area contributed by atoms with Gasteiger partial charge in [-0.3, -0.25) is 14.9 Å². The van der Waals surface area contributed by atoms with Gasteiger partial charge < -0.3 is 14.4 Å². The maximum atomic E-state index is 13.1. The molecule has 0 aliphatic carbocycles. The van der Waals surface area contributed by atoms with Crippen LogP contribution in [0.3, 0.4) is 0 Å². The Morgan fingerprint density at radius 2 is 2.22 bits per heavy atom. The third-order valence-electron chi connectivity index (χ3n) is 4.59. The van der Waals surface area contributed by atoms with Crippen LogP contribution in [0, 0.1) is 17.0 Å². The molecule has 2 heterocycles. The summed E-state index contributed by atoms with van der Waals surface area (Å²) in [5.41, 5.74) is 0.867. The number of nitro groups is 1. The molecule has 1 atom stereocenters. The predicted octanol–water partition coefficient (Wildman–Crippen LogP) is 3.79.